The predicted octanol–water partition coefficient (Wildman–Crippen LogP) is 3.90. The molecule has 26 heavy (non-hydrogen) atoms. The van der Waals surface area contributed by atoms with Gasteiger partial charge in [-0.2, -0.15) is 0 Å². The van der Waals surface area contributed by atoms with Gasteiger partial charge in [-0.15, -0.1) is 0 Å². The number of fused-ring (bicyclic) bond motifs is 1. The van der Waals surface area contributed by atoms with Crippen LogP contribution in [-0.4, -0.2) is 18.0 Å². The molecule has 7 heteroatoms. The molecule has 0 fully saturated rings. The second-order valence-electron chi connectivity index (χ2n) is 5.75. The molecule has 0 bridgehead atoms. The number of aromatic amines is 1. The Bertz CT molecular complexity index is 1030. The van der Waals surface area contributed by atoms with Crippen molar-refractivity contribution in [3.05, 3.63) is 69.2 Å². The van der Waals surface area contributed by atoms with Crippen LogP contribution in [0, 0.1) is 5.82 Å². The van der Waals surface area contributed by atoms with Gasteiger partial charge in [-0.3, -0.25) is 9.59 Å². The molecule has 3 aromatic rings. The highest BCUT2D eigenvalue weighted by Gasteiger charge is 2.09. The van der Waals surface area contributed by atoms with Gasteiger partial charge in [-0.1, -0.05) is 11.6 Å². The Balaban J connectivity index is 1.70. The molecule has 0 radical (unpaired) electrons. The number of aromatic nitrogens is 1. The summed E-state index contributed by atoms with van der Waals surface area (Å²) >= 11 is 5.69. The summed E-state index contributed by atoms with van der Waals surface area (Å²) in [6.45, 7) is 0. The Morgan fingerprint density at radius 2 is 2.04 bits per heavy atom. The Kier molecular flexibility index (Phi) is 5.23. The molecule has 0 atom stereocenters. The lowest BCUT2D eigenvalue weighted by Crippen LogP contribution is -2.17. The van der Waals surface area contributed by atoms with Gasteiger partial charge in [0.05, 0.1) is 17.6 Å². The van der Waals surface area contributed by atoms with Crippen LogP contribution in [0.3, 0.4) is 0 Å². The number of rotatable bonds is 5. The van der Waals surface area contributed by atoms with Gasteiger partial charge < -0.3 is 15.0 Å². The number of hydrogen-bond donors (Lipinski definition) is 2. The summed E-state index contributed by atoms with van der Waals surface area (Å²) in [6, 6.07) is 11.1. The van der Waals surface area contributed by atoms with Crippen LogP contribution in [0.1, 0.15) is 12.0 Å². The van der Waals surface area contributed by atoms with Crippen LogP contribution in [-0.2, 0) is 11.2 Å². The van der Waals surface area contributed by atoms with Crippen LogP contribution in [0.2, 0.25) is 5.02 Å². The zero-order valence-corrected chi connectivity index (χ0v) is 14.7. The van der Waals surface area contributed by atoms with Gasteiger partial charge in [0.1, 0.15) is 11.6 Å². The van der Waals surface area contributed by atoms with Gasteiger partial charge >= 0.3 is 0 Å². The third-order valence-corrected chi connectivity index (χ3v) is 4.24. The normalized spacial score (nSPS) is 10.7. The molecule has 0 aliphatic rings. The Morgan fingerprint density at radius 1 is 1.23 bits per heavy atom. The number of carbonyl (C=O) groups excluding carboxylic acids is 1. The molecule has 1 aromatic heterocycles. The average molecular weight is 375 g/mol. The molecule has 5 nitrogen and oxygen atoms in total. The van der Waals surface area contributed by atoms with E-state index >= 15 is 0 Å². The van der Waals surface area contributed by atoms with Crippen LogP contribution >= 0.6 is 11.6 Å². The molecular weight excluding hydrogens is 359 g/mol. The number of pyridine rings is 1. The second kappa shape index (κ2) is 7.58. The van der Waals surface area contributed by atoms with E-state index in [1.807, 2.05) is 6.07 Å². The average Bonchev–Trinajstić information content (AvgIpc) is 2.62. The lowest BCUT2D eigenvalue weighted by atomic mass is 10.1. The van der Waals surface area contributed by atoms with E-state index in [4.69, 9.17) is 16.3 Å². The second-order valence-corrected chi connectivity index (χ2v) is 6.16. The zero-order valence-electron chi connectivity index (χ0n) is 13.9. The molecule has 0 saturated carbocycles. The summed E-state index contributed by atoms with van der Waals surface area (Å²) in [5.74, 6) is -0.191. The first kappa shape index (κ1) is 17.9. The van der Waals surface area contributed by atoms with Crippen LogP contribution in [0.4, 0.5) is 10.1 Å². The van der Waals surface area contributed by atoms with E-state index in [0.717, 1.165) is 5.39 Å². The van der Waals surface area contributed by atoms with Crippen molar-refractivity contribution in [2.75, 3.05) is 12.4 Å². The number of H-pyrrole nitrogens is 1. The van der Waals surface area contributed by atoms with E-state index < -0.39 is 5.82 Å². The number of ether oxygens (including phenoxy) is 1. The van der Waals surface area contributed by atoms with Crippen LogP contribution in [0.5, 0.6) is 5.75 Å². The van der Waals surface area contributed by atoms with Crippen LogP contribution < -0.4 is 15.6 Å². The minimum atomic E-state index is -0.552. The first-order chi connectivity index (χ1) is 12.5. The summed E-state index contributed by atoms with van der Waals surface area (Å²) < 4.78 is 18.3. The Hall–Kier alpha value is -2.86. The lowest BCUT2D eigenvalue weighted by Gasteiger charge is -2.07. The number of halogens is 2. The van der Waals surface area contributed by atoms with E-state index in [9.17, 15) is 14.0 Å². The van der Waals surface area contributed by atoms with E-state index in [0.29, 0.717) is 22.5 Å². The topological polar surface area (TPSA) is 71.2 Å². The number of methoxy groups -OCH3 is 1. The quantitative estimate of drug-likeness (QED) is 0.711. The van der Waals surface area contributed by atoms with E-state index in [2.05, 4.69) is 10.3 Å². The van der Waals surface area contributed by atoms with Gasteiger partial charge in [0.2, 0.25) is 5.91 Å². The first-order valence-corrected chi connectivity index (χ1v) is 8.29. The maximum atomic E-state index is 13.1. The number of anilines is 1. The fourth-order valence-corrected chi connectivity index (χ4v) is 2.76. The number of carbonyl (C=O) groups is 1. The van der Waals surface area contributed by atoms with Crippen molar-refractivity contribution in [1.82, 2.24) is 4.98 Å². The van der Waals surface area contributed by atoms with E-state index in [-0.39, 0.29) is 29.3 Å². The molecule has 1 heterocycles. The van der Waals surface area contributed by atoms with Gasteiger partial charge in [-0.05, 0) is 48.2 Å². The third-order valence-electron chi connectivity index (χ3n) is 3.95. The summed E-state index contributed by atoms with van der Waals surface area (Å²) in [7, 11) is 1.56. The number of nitrogens with one attached hydrogen (secondary N) is 2. The molecule has 3 rings (SSSR count). The largest absolute Gasteiger partial charge is 0.497 e. The number of amides is 1. The Morgan fingerprint density at radius 3 is 2.77 bits per heavy atom. The first-order valence-electron chi connectivity index (χ1n) is 7.91. The van der Waals surface area contributed by atoms with E-state index in [1.165, 1.54) is 18.2 Å². The van der Waals surface area contributed by atoms with Crippen molar-refractivity contribution >= 4 is 34.1 Å². The molecule has 0 unspecified atom stereocenters. The van der Waals surface area contributed by atoms with Gasteiger partial charge in [-0.25, -0.2) is 4.39 Å². The maximum absolute atomic E-state index is 13.1. The lowest BCUT2D eigenvalue weighted by molar-refractivity contribution is -0.116. The zero-order chi connectivity index (χ0) is 18.7. The van der Waals surface area contributed by atoms with Crippen molar-refractivity contribution in [3.8, 4) is 5.75 Å². The molecule has 2 aromatic carbocycles. The fourth-order valence-electron chi connectivity index (χ4n) is 2.58. The molecule has 0 aliphatic carbocycles. The molecule has 134 valence electrons. The van der Waals surface area contributed by atoms with Crippen molar-refractivity contribution in [1.29, 1.82) is 0 Å². The highest BCUT2D eigenvalue weighted by atomic mass is 35.5. The number of hydrogen-bond acceptors (Lipinski definition) is 3. The molecule has 0 saturated heterocycles. The minimum Gasteiger partial charge on any atom is -0.497 e. The monoisotopic (exact) mass is 374 g/mol. The predicted molar refractivity (Wildman–Crippen MR) is 99.5 cm³/mol. The van der Waals surface area contributed by atoms with Gasteiger partial charge in [0, 0.05) is 23.7 Å². The standard InChI is InChI=1S/C19H16ClFN2O3/c1-26-14-5-2-11-8-12(19(25)23-17(11)10-14)3-7-18(24)22-13-4-6-16(21)15(20)9-13/h2,4-6,8-10H,3,7H2,1H3,(H,22,24)(H,23,25). The van der Waals surface area contributed by atoms with Crippen LogP contribution in [0.25, 0.3) is 10.9 Å². The summed E-state index contributed by atoms with van der Waals surface area (Å²) in [4.78, 5) is 27.1. The van der Waals surface area contributed by atoms with Crippen molar-refractivity contribution in [3.63, 3.8) is 0 Å². The third kappa shape index (κ3) is 4.03. The molecule has 2 N–H and O–H groups in total. The van der Waals surface area contributed by atoms with Gasteiger partial charge in [0.25, 0.3) is 5.56 Å². The number of aryl methyl sites for hydroxylation is 1. The minimum absolute atomic E-state index is 0.0656. The summed E-state index contributed by atoms with van der Waals surface area (Å²) in [6.07, 6.45) is 0.387. The fraction of sp³-hybridized carbons (Fsp3) is 0.158. The smallest absolute Gasteiger partial charge is 0.251 e. The SMILES string of the molecule is COc1ccc2cc(CCC(=O)Nc3ccc(F)c(Cl)c3)c(=O)[nH]c2c1. The van der Waals surface area contributed by atoms with Gasteiger partial charge in [0.15, 0.2) is 0 Å². The molecular formula is C19H16ClFN2O3. The molecule has 0 spiro atoms. The van der Waals surface area contributed by atoms with Crippen molar-refractivity contribution < 1.29 is 13.9 Å². The highest BCUT2D eigenvalue weighted by molar-refractivity contribution is 6.31. The Labute approximate surface area is 153 Å². The van der Waals surface area contributed by atoms with Crippen molar-refractivity contribution in [2.24, 2.45) is 0 Å². The van der Waals surface area contributed by atoms with Crippen LogP contribution in [0.15, 0.2) is 47.3 Å². The highest BCUT2D eigenvalue weighted by Crippen LogP contribution is 2.20. The summed E-state index contributed by atoms with van der Waals surface area (Å²) in [5.41, 5.74) is 1.34. The van der Waals surface area contributed by atoms with Crippen molar-refractivity contribution in [2.45, 2.75) is 12.8 Å². The maximum Gasteiger partial charge on any atom is 0.251 e. The molecule has 1 amide bonds. The summed E-state index contributed by atoms with van der Waals surface area (Å²) in [5, 5.41) is 3.42. The molecule has 0 aliphatic heterocycles. The number of benzene rings is 2. The van der Waals surface area contributed by atoms with E-state index in [1.54, 1.807) is 25.3 Å².